The first kappa shape index (κ1) is 12.7. The van der Waals surface area contributed by atoms with E-state index >= 15 is 0 Å². The van der Waals surface area contributed by atoms with Gasteiger partial charge in [0.2, 0.25) is 0 Å². The first-order valence-electron chi connectivity index (χ1n) is 5.71. The number of nitrogens with zero attached hydrogens (tertiary/aromatic N) is 1. The Hall–Kier alpha value is -0.380. The van der Waals surface area contributed by atoms with Crippen molar-refractivity contribution in [1.29, 1.82) is 0 Å². The van der Waals surface area contributed by atoms with Gasteiger partial charge in [0.15, 0.2) is 0 Å². The van der Waals surface area contributed by atoms with Gasteiger partial charge in [-0.2, -0.15) is 0 Å². The topological polar surface area (TPSA) is 35.5 Å². The van der Waals surface area contributed by atoms with Crippen LogP contribution in [0.3, 0.4) is 0 Å². The number of nitrogens with one attached hydrogen (secondary N) is 1. The zero-order valence-corrected chi connectivity index (χ0v) is 10.2. The van der Waals surface area contributed by atoms with Crippen molar-refractivity contribution in [3.8, 4) is 0 Å². The van der Waals surface area contributed by atoms with Crippen LogP contribution in [0.4, 0.5) is 0 Å². The minimum Gasteiger partial charge on any atom is -0.392 e. The standard InChI is InChI=1S/C12H24N2O/c1-5-6-14(12(2,3)4)9-10-7-11(15)8-13-10/h5,10-11,13,15H,1,6-9H2,2-4H3. The maximum atomic E-state index is 9.44. The van der Waals surface area contributed by atoms with Gasteiger partial charge in [-0.3, -0.25) is 4.90 Å². The van der Waals surface area contributed by atoms with E-state index in [4.69, 9.17) is 0 Å². The van der Waals surface area contributed by atoms with E-state index in [0.29, 0.717) is 6.04 Å². The molecular weight excluding hydrogens is 188 g/mol. The van der Waals surface area contributed by atoms with E-state index < -0.39 is 0 Å². The number of aliphatic hydroxyl groups is 1. The Morgan fingerprint density at radius 3 is 2.60 bits per heavy atom. The Morgan fingerprint density at radius 2 is 2.20 bits per heavy atom. The Labute approximate surface area is 93.2 Å². The zero-order chi connectivity index (χ0) is 11.5. The molecule has 2 N–H and O–H groups in total. The summed E-state index contributed by atoms with van der Waals surface area (Å²) in [6, 6.07) is 0.416. The molecule has 0 bridgehead atoms. The molecule has 3 heteroatoms. The van der Waals surface area contributed by atoms with Crippen molar-refractivity contribution in [2.24, 2.45) is 0 Å². The summed E-state index contributed by atoms with van der Waals surface area (Å²) >= 11 is 0. The third-order valence-electron chi connectivity index (χ3n) is 2.94. The second-order valence-electron chi connectivity index (χ2n) is 5.36. The van der Waals surface area contributed by atoms with E-state index in [0.717, 1.165) is 26.1 Å². The molecular formula is C12H24N2O. The highest BCUT2D eigenvalue weighted by Gasteiger charge is 2.27. The van der Waals surface area contributed by atoms with Crippen LogP contribution in [0.2, 0.25) is 0 Å². The van der Waals surface area contributed by atoms with E-state index in [-0.39, 0.29) is 11.6 Å². The van der Waals surface area contributed by atoms with E-state index in [2.05, 4.69) is 37.6 Å². The van der Waals surface area contributed by atoms with Gasteiger partial charge in [0.1, 0.15) is 0 Å². The SMILES string of the molecule is C=CCN(CC1CC(O)CN1)C(C)(C)C. The van der Waals surface area contributed by atoms with Crippen LogP contribution in [0.15, 0.2) is 12.7 Å². The summed E-state index contributed by atoms with van der Waals surface area (Å²) in [7, 11) is 0. The Kier molecular flexibility index (Phi) is 4.32. The number of hydrogen-bond acceptors (Lipinski definition) is 3. The lowest BCUT2D eigenvalue weighted by molar-refractivity contribution is 0.135. The third kappa shape index (κ3) is 3.93. The highest BCUT2D eigenvalue weighted by molar-refractivity contribution is 4.89. The largest absolute Gasteiger partial charge is 0.392 e. The smallest absolute Gasteiger partial charge is 0.0680 e. The summed E-state index contributed by atoms with van der Waals surface area (Å²) in [6.45, 7) is 13.0. The lowest BCUT2D eigenvalue weighted by atomic mass is 10.0. The molecule has 1 aliphatic heterocycles. The van der Waals surface area contributed by atoms with Gasteiger partial charge in [-0.25, -0.2) is 0 Å². The minimum absolute atomic E-state index is 0.156. The first-order valence-corrected chi connectivity index (χ1v) is 5.71. The van der Waals surface area contributed by atoms with Crippen LogP contribution in [0, 0.1) is 0 Å². The van der Waals surface area contributed by atoms with Crippen molar-refractivity contribution >= 4 is 0 Å². The molecule has 1 heterocycles. The average Bonchev–Trinajstić information content (AvgIpc) is 2.49. The molecule has 0 spiro atoms. The molecule has 88 valence electrons. The van der Waals surface area contributed by atoms with Crippen molar-refractivity contribution in [2.45, 2.75) is 44.9 Å². The fourth-order valence-corrected chi connectivity index (χ4v) is 1.98. The average molecular weight is 212 g/mol. The molecule has 2 unspecified atom stereocenters. The lowest BCUT2D eigenvalue weighted by Gasteiger charge is -2.36. The molecule has 2 atom stereocenters. The molecule has 3 nitrogen and oxygen atoms in total. The van der Waals surface area contributed by atoms with E-state index in [1.54, 1.807) is 0 Å². The van der Waals surface area contributed by atoms with E-state index in [1.165, 1.54) is 0 Å². The molecule has 1 aliphatic rings. The van der Waals surface area contributed by atoms with Gasteiger partial charge in [0.05, 0.1) is 6.10 Å². The molecule has 1 fully saturated rings. The molecule has 0 aromatic rings. The molecule has 0 saturated carbocycles. The fraction of sp³-hybridized carbons (Fsp3) is 0.833. The Balaban J connectivity index is 2.47. The van der Waals surface area contributed by atoms with Crippen LogP contribution >= 0.6 is 0 Å². The molecule has 0 amide bonds. The highest BCUT2D eigenvalue weighted by atomic mass is 16.3. The lowest BCUT2D eigenvalue weighted by Crippen LogP contribution is -2.47. The number of rotatable bonds is 4. The molecule has 1 rings (SSSR count). The predicted molar refractivity (Wildman–Crippen MR) is 63.9 cm³/mol. The Morgan fingerprint density at radius 1 is 1.53 bits per heavy atom. The second kappa shape index (κ2) is 5.10. The van der Waals surface area contributed by atoms with Gasteiger partial charge in [-0.15, -0.1) is 6.58 Å². The van der Waals surface area contributed by atoms with Crippen LogP contribution in [-0.4, -0.2) is 47.3 Å². The Bertz CT molecular complexity index is 210. The summed E-state index contributed by atoms with van der Waals surface area (Å²) in [5.41, 5.74) is 0.156. The monoisotopic (exact) mass is 212 g/mol. The zero-order valence-electron chi connectivity index (χ0n) is 10.2. The summed E-state index contributed by atoms with van der Waals surface area (Å²) in [6.07, 6.45) is 2.64. The maximum absolute atomic E-state index is 9.44. The first-order chi connectivity index (χ1) is 6.93. The van der Waals surface area contributed by atoms with Crippen molar-refractivity contribution < 1.29 is 5.11 Å². The van der Waals surface area contributed by atoms with Crippen LogP contribution in [0.5, 0.6) is 0 Å². The highest BCUT2D eigenvalue weighted by Crippen LogP contribution is 2.16. The van der Waals surface area contributed by atoms with Gasteiger partial charge in [0, 0.05) is 31.2 Å². The van der Waals surface area contributed by atoms with Crippen LogP contribution in [-0.2, 0) is 0 Å². The van der Waals surface area contributed by atoms with Crippen molar-refractivity contribution in [2.75, 3.05) is 19.6 Å². The summed E-state index contributed by atoms with van der Waals surface area (Å²) < 4.78 is 0. The number of β-amino-alcohol motifs (C(OH)–C–C–N with tert-alkyl or cyclic N) is 1. The summed E-state index contributed by atoms with van der Waals surface area (Å²) in [5, 5.41) is 12.8. The molecule has 0 radical (unpaired) electrons. The molecule has 0 aromatic heterocycles. The molecule has 15 heavy (non-hydrogen) atoms. The van der Waals surface area contributed by atoms with Crippen LogP contribution < -0.4 is 5.32 Å². The number of aliphatic hydroxyl groups excluding tert-OH is 1. The maximum Gasteiger partial charge on any atom is 0.0680 e. The van der Waals surface area contributed by atoms with Gasteiger partial charge in [-0.05, 0) is 27.2 Å². The van der Waals surface area contributed by atoms with E-state index in [9.17, 15) is 5.11 Å². The van der Waals surface area contributed by atoms with Crippen molar-refractivity contribution in [3.63, 3.8) is 0 Å². The van der Waals surface area contributed by atoms with Crippen molar-refractivity contribution in [3.05, 3.63) is 12.7 Å². The minimum atomic E-state index is -0.166. The third-order valence-corrected chi connectivity index (χ3v) is 2.94. The van der Waals surface area contributed by atoms with Gasteiger partial charge in [0.25, 0.3) is 0 Å². The normalized spacial score (nSPS) is 27.3. The molecule has 1 saturated heterocycles. The fourth-order valence-electron chi connectivity index (χ4n) is 1.98. The second-order valence-corrected chi connectivity index (χ2v) is 5.36. The van der Waals surface area contributed by atoms with E-state index in [1.807, 2.05) is 6.08 Å². The van der Waals surface area contributed by atoms with Gasteiger partial charge < -0.3 is 10.4 Å². The molecule has 0 aromatic carbocycles. The van der Waals surface area contributed by atoms with Crippen molar-refractivity contribution in [1.82, 2.24) is 10.2 Å². The summed E-state index contributed by atoms with van der Waals surface area (Å²) in [5.74, 6) is 0. The summed E-state index contributed by atoms with van der Waals surface area (Å²) in [4.78, 5) is 2.38. The van der Waals surface area contributed by atoms with Gasteiger partial charge in [-0.1, -0.05) is 6.08 Å². The number of hydrogen-bond donors (Lipinski definition) is 2. The molecule has 0 aliphatic carbocycles. The predicted octanol–water partition coefficient (Wildman–Crippen LogP) is 0.996. The van der Waals surface area contributed by atoms with Crippen LogP contribution in [0.1, 0.15) is 27.2 Å². The quantitative estimate of drug-likeness (QED) is 0.682. The van der Waals surface area contributed by atoms with Crippen LogP contribution in [0.25, 0.3) is 0 Å². The van der Waals surface area contributed by atoms with Gasteiger partial charge >= 0.3 is 0 Å².